The third-order valence-electron chi connectivity index (χ3n) is 4.33. The minimum absolute atomic E-state index is 0.0361. The molecular formula is C21H18BrIN5O2P. The summed E-state index contributed by atoms with van der Waals surface area (Å²) in [4.78, 5) is 15.8. The van der Waals surface area contributed by atoms with Crippen LogP contribution in [0.3, 0.4) is 0 Å². The fraction of sp³-hybridized carbons (Fsp3) is 0.0476. The van der Waals surface area contributed by atoms with E-state index in [1.165, 1.54) is 12.3 Å². The Kier molecular flexibility index (Phi) is 8.11. The van der Waals surface area contributed by atoms with Crippen molar-refractivity contribution in [2.45, 2.75) is 6.92 Å². The minimum Gasteiger partial charge on any atom is -0.404 e. The largest absolute Gasteiger partial charge is 0.404 e. The lowest BCUT2D eigenvalue weighted by Crippen LogP contribution is -2.09. The number of nitro benzene ring substituents is 1. The summed E-state index contributed by atoms with van der Waals surface area (Å²) in [5, 5.41) is 14.7. The molecule has 7 nitrogen and oxygen atoms in total. The molecule has 3 aromatic rings. The molecule has 0 aliphatic rings. The summed E-state index contributed by atoms with van der Waals surface area (Å²) in [7, 11) is 0. The Morgan fingerprint density at radius 1 is 1.26 bits per heavy atom. The van der Waals surface area contributed by atoms with E-state index in [2.05, 4.69) is 53.0 Å². The molecule has 1 unspecified atom stereocenters. The maximum absolute atomic E-state index is 11.6. The maximum atomic E-state index is 11.6. The number of nitrogens with two attached hydrogens (primary N) is 1. The Bertz CT molecular complexity index is 1170. The topological polar surface area (TPSA) is 106 Å². The average molecular weight is 610 g/mol. The van der Waals surface area contributed by atoms with Gasteiger partial charge in [0.05, 0.1) is 22.7 Å². The molecule has 3 rings (SSSR count). The lowest BCUT2D eigenvalue weighted by Gasteiger charge is -2.14. The van der Waals surface area contributed by atoms with E-state index < -0.39 is 4.92 Å². The number of halogens is 2. The molecule has 0 bridgehead atoms. The number of nitro groups is 1. The van der Waals surface area contributed by atoms with Crippen LogP contribution >= 0.6 is 44.3 Å². The monoisotopic (exact) mass is 609 g/mol. The van der Waals surface area contributed by atoms with Gasteiger partial charge in [-0.05, 0) is 83.1 Å². The number of pyridine rings is 1. The summed E-state index contributed by atoms with van der Waals surface area (Å²) in [6, 6.07) is 17.9. The summed E-state index contributed by atoms with van der Waals surface area (Å²) in [5.41, 5.74) is 10.6. The molecule has 31 heavy (non-hydrogen) atoms. The van der Waals surface area contributed by atoms with Crippen LogP contribution in [0.4, 0.5) is 17.1 Å². The van der Waals surface area contributed by atoms with Gasteiger partial charge in [-0.3, -0.25) is 19.9 Å². The quantitative estimate of drug-likeness (QED) is 0.104. The van der Waals surface area contributed by atoms with Crippen LogP contribution in [0, 0.1) is 17.0 Å². The number of hydrogen-bond acceptors (Lipinski definition) is 6. The Labute approximate surface area is 202 Å². The lowest BCUT2D eigenvalue weighted by molar-refractivity contribution is -0.383. The number of nitrogens with one attached hydrogen (secondary N) is 1. The number of anilines is 2. The second-order valence-corrected chi connectivity index (χ2v) is 9.17. The number of rotatable bonds is 7. The summed E-state index contributed by atoms with van der Waals surface area (Å²) >= 11 is 5.57. The molecule has 2 aromatic carbocycles. The number of allylic oxidation sites excluding steroid dienone is 1. The Hall–Kier alpha value is -2.36. The number of hydrogen-bond donors (Lipinski definition) is 2. The van der Waals surface area contributed by atoms with Gasteiger partial charge in [0.15, 0.2) is 0 Å². The third-order valence-corrected chi connectivity index (χ3v) is 5.89. The molecule has 1 atom stereocenters. The first-order chi connectivity index (χ1) is 14.9. The predicted octanol–water partition coefficient (Wildman–Crippen LogP) is 6.54. The van der Waals surface area contributed by atoms with Crippen LogP contribution in [0.1, 0.15) is 17.0 Å². The number of benzene rings is 2. The van der Waals surface area contributed by atoms with Gasteiger partial charge in [0.1, 0.15) is 5.69 Å². The van der Waals surface area contributed by atoms with Crippen LogP contribution in [0.15, 0.2) is 76.1 Å². The smallest absolute Gasteiger partial charge is 0.292 e. The van der Waals surface area contributed by atoms with Crippen molar-refractivity contribution < 1.29 is 4.92 Å². The summed E-state index contributed by atoms with van der Waals surface area (Å²) in [6.45, 7) is 1.91. The molecular weight excluding hydrogens is 592 g/mol. The summed E-state index contributed by atoms with van der Waals surface area (Å²) < 4.78 is 5.54. The highest BCUT2D eigenvalue weighted by Crippen LogP contribution is 2.34. The number of nitrogens with zero attached hydrogens (tertiary/aromatic N) is 3. The Balaban J connectivity index is 2.08. The van der Waals surface area contributed by atoms with Gasteiger partial charge in [-0.2, -0.15) is 0 Å². The van der Waals surface area contributed by atoms with Crippen LogP contribution in [-0.2, 0) is 0 Å². The van der Waals surface area contributed by atoms with Crippen LogP contribution in [0.25, 0.3) is 5.57 Å². The van der Waals surface area contributed by atoms with Crippen molar-refractivity contribution in [1.82, 2.24) is 4.98 Å². The molecule has 0 fully saturated rings. The van der Waals surface area contributed by atoms with E-state index in [1.807, 2.05) is 49.4 Å². The SMILES string of the molecule is Cc1cccc(C(=N\PI)/C(=C\N)c2ccc([N+](=O)[O-])c(Nc3ccc(Br)cc3)c2)n1. The zero-order valence-electron chi connectivity index (χ0n) is 16.3. The van der Waals surface area contributed by atoms with E-state index in [9.17, 15) is 10.1 Å². The molecule has 0 amide bonds. The first-order valence-electron chi connectivity index (χ1n) is 9.04. The first kappa shape index (κ1) is 23.3. The van der Waals surface area contributed by atoms with E-state index in [0.29, 0.717) is 28.2 Å². The summed E-state index contributed by atoms with van der Waals surface area (Å²) in [5.74, 6) is 0. The Morgan fingerprint density at radius 3 is 2.61 bits per heavy atom. The molecule has 0 aliphatic heterocycles. The second kappa shape index (κ2) is 10.8. The van der Waals surface area contributed by atoms with Crippen molar-refractivity contribution in [3.05, 3.63) is 98.4 Å². The van der Waals surface area contributed by atoms with E-state index in [-0.39, 0.29) is 12.1 Å². The van der Waals surface area contributed by atoms with E-state index in [4.69, 9.17) is 5.73 Å². The van der Waals surface area contributed by atoms with Gasteiger partial charge in [0.25, 0.3) is 5.69 Å². The van der Waals surface area contributed by atoms with Gasteiger partial charge in [-0.15, -0.1) is 0 Å². The van der Waals surface area contributed by atoms with Crippen LogP contribution < -0.4 is 11.1 Å². The molecule has 0 saturated heterocycles. The number of aromatic nitrogens is 1. The third kappa shape index (κ3) is 5.87. The van der Waals surface area contributed by atoms with Crippen LogP contribution in [0.5, 0.6) is 0 Å². The van der Waals surface area contributed by atoms with Crippen molar-refractivity contribution in [3.63, 3.8) is 0 Å². The predicted molar refractivity (Wildman–Crippen MR) is 141 cm³/mol. The average Bonchev–Trinajstić information content (AvgIpc) is 2.75. The molecule has 1 aromatic heterocycles. The van der Waals surface area contributed by atoms with E-state index in [1.54, 1.807) is 12.1 Å². The van der Waals surface area contributed by atoms with Gasteiger partial charge >= 0.3 is 0 Å². The molecule has 0 radical (unpaired) electrons. The first-order valence-corrected chi connectivity index (χ1v) is 13.9. The molecule has 0 saturated carbocycles. The zero-order valence-corrected chi connectivity index (χ0v) is 21.1. The van der Waals surface area contributed by atoms with Gasteiger partial charge in [-0.25, -0.2) is 0 Å². The zero-order chi connectivity index (χ0) is 22.4. The number of aryl methyl sites for hydroxylation is 1. The normalized spacial score (nSPS) is 12.4. The lowest BCUT2D eigenvalue weighted by atomic mass is 9.98. The van der Waals surface area contributed by atoms with Crippen molar-refractivity contribution in [3.8, 4) is 0 Å². The minimum atomic E-state index is -0.417. The summed E-state index contributed by atoms with van der Waals surface area (Å²) in [6.07, 6.45) is 1.72. The molecule has 0 aliphatic carbocycles. The maximum Gasteiger partial charge on any atom is 0.292 e. The molecule has 10 heteroatoms. The van der Waals surface area contributed by atoms with E-state index in [0.717, 1.165) is 15.9 Å². The highest BCUT2D eigenvalue weighted by atomic mass is 127. The highest BCUT2D eigenvalue weighted by molar-refractivity contribution is 14.2. The molecule has 1 heterocycles. The molecule has 158 valence electrons. The molecule has 3 N–H and O–H groups in total. The fourth-order valence-electron chi connectivity index (χ4n) is 2.94. The van der Waals surface area contributed by atoms with Crippen molar-refractivity contribution >= 4 is 72.7 Å². The van der Waals surface area contributed by atoms with Crippen molar-refractivity contribution in [1.29, 1.82) is 0 Å². The second-order valence-electron chi connectivity index (χ2n) is 6.41. The van der Waals surface area contributed by atoms with Crippen molar-refractivity contribution in [2.24, 2.45) is 10.5 Å². The van der Waals surface area contributed by atoms with Gasteiger partial charge in [0, 0.05) is 33.7 Å². The van der Waals surface area contributed by atoms with E-state index >= 15 is 0 Å². The standard InChI is InChI=1S/C21H18BrIN5O2P/c1-13-3-2-4-18(25-13)21(27-31-23)17(12-24)14-5-10-20(28(29)30)19(11-14)26-16-8-6-15(22)7-9-16/h2-12,26,31H,24H2,1H3/b17-12-,27-21-. The van der Waals surface area contributed by atoms with Gasteiger partial charge in [0.2, 0.25) is 0 Å². The van der Waals surface area contributed by atoms with Crippen LogP contribution in [-0.4, -0.2) is 15.6 Å². The molecule has 0 spiro atoms. The highest BCUT2D eigenvalue weighted by Gasteiger charge is 2.19. The van der Waals surface area contributed by atoms with Crippen molar-refractivity contribution in [2.75, 3.05) is 5.32 Å². The van der Waals surface area contributed by atoms with Crippen LogP contribution in [0.2, 0.25) is 0 Å². The fourth-order valence-corrected chi connectivity index (χ4v) is 4.24. The Morgan fingerprint density at radius 2 is 2.00 bits per heavy atom. The van der Waals surface area contributed by atoms with Gasteiger partial charge < -0.3 is 11.1 Å². The van der Waals surface area contributed by atoms with Gasteiger partial charge in [-0.1, -0.05) is 22.0 Å².